The van der Waals surface area contributed by atoms with Crippen LogP contribution < -0.4 is 14.8 Å². The lowest BCUT2D eigenvalue weighted by atomic mass is 10.2. The summed E-state index contributed by atoms with van der Waals surface area (Å²) in [5, 5.41) is 3.38. The molecule has 2 aromatic carbocycles. The second-order valence-corrected chi connectivity index (χ2v) is 5.84. The summed E-state index contributed by atoms with van der Waals surface area (Å²) in [4.78, 5) is 0. The third kappa shape index (κ3) is 3.46. The van der Waals surface area contributed by atoms with Crippen LogP contribution in [0.15, 0.2) is 45.3 Å². The number of nitrogens with one attached hydrogen (secondary N) is 1. The zero-order valence-corrected chi connectivity index (χ0v) is 14.4. The molecule has 0 fully saturated rings. The lowest BCUT2D eigenvalue weighted by molar-refractivity contribution is 0.410. The van der Waals surface area contributed by atoms with Crippen molar-refractivity contribution in [3.63, 3.8) is 0 Å². The fourth-order valence-electron chi connectivity index (χ4n) is 1.86. The Kier molecular flexibility index (Phi) is 5.31. The Labute approximate surface area is 135 Å². The maximum atomic E-state index is 5.34. The lowest BCUT2D eigenvalue weighted by Gasteiger charge is -2.13. The molecule has 0 aliphatic rings. The second-order valence-electron chi connectivity index (χ2n) is 4.13. The molecule has 2 rings (SSSR count). The number of methoxy groups -OCH3 is 2. The normalized spacial score (nSPS) is 10.2. The van der Waals surface area contributed by atoms with Crippen molar-refractivity contribution in [3.05, 3.63) is 50.9 Å². The molecule has 2 aromatic rings. The van der Waals surface area contributed by atoms with Gasteiger partial charge in [-0.3, -0.25) is 0 Å². The molecule has 0 spiro atoms. The third-order valence-corrected chi connectivity index (χ3v) is 4.18. The molecule has 0 aliphatic heterocycles. The van der Waals surface area contributed by atoms with Gasteiger partial charge in [0.2, 0.25) is 0 Å². The van der Waals surface area contributed by atoms with E-state index in [0.29, 0.717) is 6.54 Å². The van der Waals surface area contributed by atoms with Gasteiger partial charge in [0.05, 0.1) is 24.4 Å². The van der Waals surface area contributed by atoms with Crippen molar-refractivity contribution in [2.24, 2.45) is 0 Å². The van der Waals surface area contributed by atoms with Crippen molar-refractivity contribution in [2.75, 3.05) is 19.5 Å². The van der Waals surface area contributed by atoms with Crippen molar-refractivity contribution >= 4 is 37.5 Å². The van der Waals surface area contributed by atoms with Crippen LogP contribution in [0.1, 0.15) is 5.56 Å². The van der Waals surface area contributed by atoms with E-state index in [1.807, 2.05) is 36.4 Å². The quantitative estimate of drug-likeness (QED) is 0.778. The Bertz CT molecular complexity index is 602. The standard InChI is InChI=1S/C15H15Br2NO2/c1-19-14-6-4-3-5-10(14)9-18-13-8-15(20-2)12(17)7-11(13)16/h3-8,18H,9H2,1-2H3. The predicted molar refractivity (Wildman–Crippen MR) is 88.7 cm³/mol. The fourth-order valence-corrected chi connectivity index (χ4v) is 3.16. The molecular weight excluding hydrogens is 386 g/mol. The van der Waals surface area contributed by atoms with E-state index in [4.69, 9.17) is 9.47 Å². The van der Waals surface area contributed by atoms with E-state index in [-0.39, 0.29) is 0 Å². The van der Waals surface area contributed by atoms with Crippen LogP contribution in [0.4, 0.5) is 5.69 Å². The summed E-state index contributed by atoms with van der Waals surface area (Å²) in [6.07, 6.45) is 0. The number of halogens is 2. The van der Waals surface area contributed by atoms with Crippen molar-refractivity contribution in [1.82, 2.24) is 0 Å². The summed E-state index contributed by atoms with van der Waals surface area (Å²) in [7, 11) is 3.33. The molecular formula is C15H15Br2NO2. The number of hydrogen-bond acceptors (Lipinski definition) is 3. The highest BCUT2D eigenvalue weighted by Crippen LogP contribution is 2.35. The minimum Gasteiger partial charge on any atom is -0.496 e. The number of para-hydroxylation sites is 1. The summed E-state index contributed by atoms with van der Waals surface area (Å²) in [5.74, 6) is 1.66. The highest BCUT2D eigenvalue weighted by Gasteiger charge is 2.08. The van der Waals surface area contributed by atoms with Gasteiger partial charge in [-0.2, -0.15) is 0 Å². The smallest absolute Gasteiger partial charge is 0.135 e. The minimum absolute atomic E-state index is 0.674. The van der Waals surface area contributed by atoms with Crippen LogP contribution in [-0.2, 0) is 6.54 Å². The SMILES string of the molecule is COc1cc(NCc2ccccc2OC)c(Br)cc1Br. The largest absolute Gasteiger partial charge is 0.496 e. The molecule has 0 unspecified atom stereocenters. The number of rotatable bonds is 5. The van der Waals surface area contributed by atoms with E-state index in [0.717, 1.165) is 31.7 Å². The Morgan fingerprint density at radius 2 is 1.65 bits per heavy atom. The van der Waals surface area contributed by atoms with Crippen molar-refractivity contribution in [3.8, 4) is 11.5 Å². The fraction of sp³-hybridized carbons (Fsp3) is 0.200. The van der Waals surface area contributed by atoms with Gasteiger partial charge >= 0.3 is 0 Å². The van der Waals surface area contributed by atoms with E-state index in [2.05, 4.69) is 37.2 Å². The second kappa shape index (κ2) is 6.99. The number of ether oxygens (including phenoxy) is 2. The first-order valence-electron chi connectivity index (χ1n) is 6.04. The first kappa shape index (κ1) is 15.2. The van der Waals surface area contributed by atoms with Gasteiger partial charge in [-0.25, -0.2) is 0 Å². The van der Waals surface area contributed by atoms with Gasteiger partial charge < -0.3 is 14.8 Å². The van der Waals surface area contributed by atoms with Gasteiger partial charge in [-0.15, -0.1) is 0 Å². The third-order valence-electron chi connectivity index (χ3n) is 2.90. The first-order chi connectivity index (χ1) is 9.65. The Morgan fingerprint density at radius 1 is 0.950 bits per heavy atom. The van der Waals surface area contributed by atoms with Crippen LogP contribution in [0.2, 0.25) is 0 Å². The molecule has 0 radical (unpaired) electrons. The number of anilines is 1. The zero-order chi connectivity index (χ0) is 14.5. The van der Waals surface area contributed by atoms with Crippen LogP contribution in [0.3, 0.4) is 0 Å². The van der Waals surface area contributed by atoms with E-state index < -0.39 is 0 Å². The van der Waals surface area contributed by atoms with Gasteiger partial charge in [0.1, 0.15) is 11.5 Å². The van der Waals surface area contributed by atoms with Gasteiger partial charge in [0.15, 0.2) is 0 Å². The van der Waals surface area contributed by atoms with Crippen molar-refractivity contribution in [2.45, 2.75) is 6.54 Å². The molecule has 0 saturated carbocycles. The highest BCUT2D eigenvalue weighted by atomic mass is 79.9. The first-order valence-corrected chi connectivity index (χ1v) is 7.63. The molecule has 0 atom stereocenters. The molecule has 0 bridgehead atoms. The van der Waals surface area contributed by atoms with Crippen LogP contribution in [0.25, 0.3) is 0 Å². The van der Waals surface area contributed by atoms with E-state index >= 15 is 0 Å². The Hall–Kier alpha value is -1.20. The molecule has 3 nitrogen and oxygen atoms in total. The average molecular weight is 401 g/mol. The van der Waals surface area contributed by atoms with Crippen LogP contribution in [0, 0.1) is 0 Å². The van der Waals surface area contributed by atoms with E-state index in [9.17, 15) is 0 Å². The maximum Gasteiger partial charge on any atom is 0.135 e. The van der Waals surface area contributed by atoms with E-state index in [1.54, 1.807) is 14.2 Å². The monoisotopic (exact) mass is 399 g/mol. The molecule has 0 saturated heterocycles. The zero-order valence-electron chi connectivity index (χ0n) is 11.2. The topological polar surface area (TPSA) is 30.5 Å². The van der Waals surface area contributed by atoms with Crippen LogP contribution in [0.5, 0.6) is 11.5 Å². The van der Waals surface area contributed by atoms with Gasteiger partial charge in [-0.05, 0) is 44.0 Å². The van der Waals surface area contributed by atoms with Gasteiger partial charge in [0, 0.05) is 22.6 Å². The number of hydrogen-bond donors (Lipinski definition) is 1. The number of benzene rings is 2. The molecule has 0 aliphatic carbocycles. The Balaban J connectivity index is 2.18. The minimum atomic E-state index is 0.674. The van der Waals surface area contributed by atoms with E-state index in [1.165, 1.54) is 0 Å². The molecule has 20 heavy (non-hydrogen) atoms. The van der Waals surface area contributed by atoms with Crippen molar-refractivity contribution < 1.29 is 9.47 Å². The molecule has 1 N–H and O–H groups in total. The maximum absolute atomic E-state index is 5.34. The highest BCUT2D eigenvalue weighted by molar-refractivity contribution is 9.11. The van der Waals surface area contributed by atoms with Crippen LogP contribution >= 0.6 is 31.9 Å². The summed E-state index contributed by atoms with van der Waals surface area (Å²) in [6.45, 7) is 0.674. The van der Waals surface area contributed by atoms with Crippen LogP contribution in [-0.4, -0.2) is 14.2 Å². The predicted octanol–water partition coefficient (Wildman–Crippen LogP) is 4.84. The van der Waals surface area contributed by atoms with Crippen molar-refractivity contribution in [1.29, 1.82) is 0 Å². The molecule has 0 heterocycles. The summed E-state index contributed by atoms with van der Waals surface area (Å²) < 4.78 is 12.5. The Morgan fingerprint density at radius 3 is 2.35 bits per heavy atom. The van der Waals surface area contributed by atoms with Gasteiger partial charge in [0.25, 0.3) is 0 Å². The summed E-state index contributed by atoms with van der Waals surface area (Å²) in [6, 6.07) is 11.9. The average Bonchev–Trinajstić information content (AvgIpc) is 2.46. The molecule has 5 heteroatoms. The molecule has 106 valence electrons. The summed E-state index contributed by atoms with van der Waals surface area (Å²) >= 11 is 7.00. The van der Waals surface area contributed by atoms with Gasteiger partial charge in [-0.1, -0.05) is 18.2 Å². The lowest BCUT2D eigenvalue weighted by Crippen LogP contribution is -2.02. The molecule has 0 amide bonds. The molecule has 0 aromatic heterocycles. The summed E-state index contributed by atoms with van der Waals surface area (Å²) in [5.41, 5.74) is 2.07.